The van der Waals surface area contributed by atoms with Crippen LogP contribution in [-0.2, 0) is 10.2 Å². The third-order valence-corrected chi connectivity index (χ3v) is 11.4. The largest absolute Gasteiger partial charge is 0.424 e. The fourth-order valence-electron chi connectivity index (χ4n) is 8.56. The number of rotatable bonds is 9. The van der Waals surface area contributed by atoms with Crippen LogP contribution in [0.1, 0.15) is 119 Å². The first-order valence-corrected chi connectivity index (χ1v) is 15.6. The molecule has 8 aliphatic rings. The Balaban J connectivity index is 0.979. The third-order valence-electron chi connectivity index (χ3n) is 11.4. The number of amides is 1. The Bertz CT molecular complexity index is 1490. The Morgan fingerprint density at radius 2 is 1.68 bits per heavy atom. The SMILES string of the molecule is O=C(CC12CC(F)(C1)C2)N(CC12CCC(c3nnc(C4CC4)o3)(CC1)CC2)c1cccc(-c2nc(C3CC3)no2)c1. The summed E-state index contributed by atoms with van der Waals surface area (Å²) in [5.74, 6) is 3.93. The second-order valence-electron chi connectivity index (χ2n) is 14.6. The maximum atomic E-state index is 14.3. The van der Waals surface area contributed by atoms with Gasteiger partial charge in [-0.1, -0.05) is 11.2 Å². The first-order valence-electron chi connectivity index (χ1n) is 15.6. The topological polar surface area (TPSA) is 98.2 Å². The lowest BCUT2D eigenvalue weighted by molar-refractivity contribution is -0.215. The van der Waals surface area contributed by atoms with Crippen molar-refractivity contribution in [3.05, 3.63) is 41.9 Å². The normalized spacial score (nSPS) is 35.1. The second kappa shape index (κ2) is 8.26. The van der Waals surface area contributed by atoms with Crippen LogP contribution < -0.4 is 4.90 Å². The van der Waals surface area contributed by atoms with Gasteiger partial charge < -0.3 is 13.8 Å². The van der Waals surface area contributed by atoms with Crippen molar-refractivity contribution in [1.29, 1.82) is 0 Å². The monoisotopic (exact) mass is 557 g/mol. The van der Waals surface area contributed by atoms with E-state index in [2.05, 4.69) is 20.3 Å². The molecule has 0 N–H and O–H groups in total. The standard InChI is InChI=1S/C32H36FN5O3/c33-32-16-30(17-32,18-32)15-24(39)38(23-3-1-2-22(14-23)26-34-25(37-41-26)20-4-5-20)19-29-8-11-31(12-9-29,13-10-29)28-36-35-27(40-28)21-6-7-21/h1-3,14,20-21H,4-13,15-19H2. The molecule has 0 radical (unpaired) electrons. The highest BCUT2D eigenvalue weighted by molar-refractivity contribution is 5.94. The second-order valence-corrected chi connectivity index (χ2v) is 14.6. The summed E-state index contributed by atoms with van der Waals surface area (Å²) in [6.07, 6.45) is 12.7. The predicted molar refractivity (Wildman–Crippen MR) is 147 cm³/mol. The van der Waals surface area contributed by atoms with Crippen molar-refractivity contribution in [3.8, 4) is 11.5 Å². The highest BCUT2D eigenvalue weighted by atomic mass is 19.1. The van der Waals surface area contributed by atoms with Crippen LogP contribution in [0.4, 0.5) is 10.1 Å². The molecule has 41 heavy (non-hydrogen) atoms. The average Bonchev–Trinajstić information content (AvgIpc) is 3.90. The van der Waals surface area contributed by atoms with E-state index in [1.165, 1.54) is 0 Å². The van der Waals surface area contributed by atoms with Crippen molar-refractivity contribution < 1.29 is 18.1 Å². The molecule has 8 fully saturated rings. The fourth-order valence-corrected chi connectivity index (χ4v) is 8.56. The molecular weight excluding hydrogens is 521 g/mol. The van der Waals surface area contributed by atoms with E-state index in [0.29, 0.717) is 50.0 Å². The fraction of sp³-hybridized carbons (Fsp3) is 0.656. The van der Waals surface area contributed by atoms with Crippen molar-refractivity contribution in [3.63, 3.8) is 0 Å². The summed E-state index contributed by atoms with van der Waals surface area (Å²) in [6, 6.07) is 7.98. The van der Waals surface area contributed by atoms with E-state index in [4.69, 9.17) is 8.94 Å². The molecule has 0 spiro atoms. The molecule has 9 heteroatoms. The van der Waals surface area contributed by atoms with Gasteiger partial charge >= 0.3 is 0 Å². The number of nitrogens with zero attached hydrogens (tertiary/aromatic N) is 5. The Morgan fingerprint density at radius 3 is 2.37 bits per heavy atom. The van der Waals surface area contributed by atoms with E-state index in [-0.39, 0.29) is 22.2 Å². The summed E-state index contributed by atoms with van der Waals surface area (Å²) in [4.78, 5) is 20.7. The molecule has 8 saturated carbocycles. The summed E-state index contributed by atoms with van der Waals surface area (Å²) in [7, 11) is 0. The number of alkyl halides is 1. The molecule has 8 aliphatic carbocycles. The molecule has 214 valence electrons. The number of anilines is 1. The quantitative estimate of drug-likeness (QED) is 0.286. The van der Waals surface area contributed by atoms with E-state index >= 15 is 0 Å². The van der Waals surface area contributed by atoms with E-state index in [1.54, 1.807) is 0 Å². The van der Waals surface area contributed by atoms with Gasteiger partial charge in [0.1, 0.15) is 5.67 Å². The Morgan fingerprint density at radius 1 is 0.951 bits per heavy atom. The van der Waals surface area contributed by atoms with Gasteiger partial charge in [-0.05, 0) is 112 Å². The number of fused-ring (bicyclic) bond motifs is 3. The van der Waals surface area contributed by atoms with Crippen molar-refractivity contribution in [2.24, 2.45) is 10.8 Å². The van der Waals surface area contributed by atoms with E-state index < -0.39 is 5.67 Å². The lowest BCUT2D eigenvalue weighted by atomic mass is 9.41. The van der Waals surface area contributed by atoms with Gasteiger partial charge in [0, 0.05) is 41.5 Å². The molecule has 2 aromatic heterocycles. The summed E-state index contributed by atoms with van der Waals surface area (Å²) < 4.78 is 26.2. The molecule has 3 aromatic rings. The van der Waals surface area contributed by atoms with Crippen LogP contribution >= 0.6 is 0 Å². The minimum Gasteiger partial charge on any atom is -0.424 e. The molecular formula is C32H36FN5O3. The van der Waals surface area contributed by atoms with Crippen LogP contribution in [0.15, 0.2) is 33.2 Å². The molecule has 8 nitrogen and oxygen atoms in total. The van der Waals surface area contributed by atoms with Crippen LogP contribution in [0.2, 0.25) is 0 Å². The van der Waals surface area contributed by atoms with Crippen molar-refractivity contribution in [2.75, 3.05) is 11.4 Å². The van der Waals surface area contributed by atoms with E-state index in [9.17, 15) is 9.18 Å². The molecule has 0 unspecified atom stereocenters. The third kappa shape index (κ3) is 4.01. The summed E-state index contributed by atoms with van der Waals surface area (Å²) in [5.41, 5.74) is 0.580. The number of carbonyl (C=O) groups excluding carboxylic acids is 1. The molecule has 1 amide bonds. The van der Waals surface area contributed by atoms with Crippen LogP contribution in [-0.4, -0.2) is 38.5 Å². The number of carbonyl (C=O) groups is 1. The molecule has 0 atom stereocenters. The number of hydrogen-bond acceptors (Lipinski definition) is 7. The van der Waals surface area contributed by atoms with Crippen LogP contribution in [0.3, 0.4) is 0 Å². The molecule has 0 saturated heterocycles. The minimum atomic E-state index is -1.01. The van der Waals surface area contributed by atoms with Crippen LogP contribution in [0.25, 0.3) is 11.5 Å². The van der Waals surface area contributed by atoms with Gasteiger partial charge in [-0.25, -0.2) is 4.39 Å². The van der Waals surface area contributed by atoms with E-state index in [0.717, 1.165) is 93.1 Å². The number of halogens is 1. The molecule has 0 aliphatic heterocycles. The van der Waals surface area contributed by atoms with Crippen molar-refractivity contribution in [1.82, 2.24) is 20.3 Å². The zero-order valence-electron chi connectivity index (χ0n) is 23.4. The van der Waals surface area contributed by atoms with Gasteiger partial charge in [-0.3, -0.25) is 4.79 Å². The smallest absolute Gasteiger partial charge is 0.258 e. The zero-order valence-corrected chi connectivity index (χ0v) is 23.4. The van der Waals surface area contributed by atoms with E-state index in [1.807, 2.05) is 29.2 Å². The summed E-state index contributed by atoms with van der Waals surface area (Å²) in [5, 5.41) is 13.1. The van der Waals surface area contributed by atoms with Gasteiger partial charge in [0.2, 0.25) is 17.7 Å². The minimum absolute atomic E-state index is 0.0187. The van der Waals surface area contributed by atoms with Crippen molar-refractivity contribution >= 4 is 11.6 Å². The number of hydrogen-bond donors (Lipinski definition) is 0. The van der Waals surface area contributed by atoms with Crippen molar-refractivity contribution in [2.45, 2.75) is 113 Å². The lowest BCUT2D eigenvalue weighted by Crippen LogP contribution is -2.65. The molecule has 4 bridgehead atoms. The number of benzene rings is 1. The first-order chi connectivity index (χ1) is 19.8. The Labute approximate surface area is 238 Å². The zero-order chi connectivity index (χ0) is 27.5. The highest BCUT2D eigenvalue weighted by Crippen LogP contribution is 2.71. The van der Waals surface area contributed by atoms with Crippen LogP contribution in [0.5, 0.6) is 0 Å². The highest BCUT2D eigenvalue weighted by Gasteiger charge is 2.69. The molecule has 1 aromatic carbocycles. The van der Waals surface area contributed by atoms with Gasteiger partial charge in [-0.15, -0.1) is 10.2 Å². The van der Waals surface area contributed by atoms with Gasteiger partial charge in [0.25, 0.3) is 5.89 Å². The maximum absolute atomic E-state index is 14.3. The summed E-state index contributed by atoms with van der Waals surface area (Å²) >= 11 is 0. The van der Waals surface area contributed by atoms with Gasteiger partial charge in [0.15, 0.2) is 5.82 Å². The Kier molecular flexibility index (Phi) is 4.93. The first kappa shape index (κ1) is 24.5. The van der Waals surface area contributed by atoms with Gasteiger partial charge in [-0.2, -0.15) is 4.98 Å². The van der Waals surface area contributed by atoms with Crippen LogP contribution in [0, 0.1) is 10.8 Å². The maximum Gasteiger partial charge on any atom is 0.258 e. The lowest BCUT2D eigenvalue weighted by Gasteiger charge is -2.66. The summed E-state index contributed by atoms with van der Waals surface area (Å²) in [6.45, 7) is 0.677. The molecule has 11 rings (SSSR count). The Hall–Kier alpha value is -3.10. The number of aromatic nitrogens is 4. The van der Waals surface area contributed by atoms with Gasteiger partial charge in [0.05, 0.1) is 0 Å². The predicted octanol–water partition coefficient (Wildman–Crippen LogP) is 6.78. The molecule has 2 heterocycles. The average molecular weight is 558 g/mol.